The van der Waals surface area contributed by atoms with Gasteiger partial charge in [0, 0.05) is 59.4 Å². The van der Waals surface area contributed by atoms with Crippen molar-refractivity contribution in [2.75, 3.05) is 33.2 Å². The van der Waals surface area contributed by atoms with Gasteiger partial charge in [-0.05, 0) is 55.1 Å². The second kappa shape index (κ2) is 8.28. The molecule has 154 valence electrons. The number of aromatic nitrogens is 1. The lowest BCUT2D eigenvalue weighted by atomic mass is 10.1. The van der Waals surface area contributed by atoms with E-state index in [-0.39, 0.29) is 10.6 Å². The Balaban J connectivity index is 1.70. The van der Waals surface area contributed by atoms with E-state index in [0.717, 1.165) is 48.3 Å². The third-order valence-electron chi connectivity index (χ3n) is 5.44. The Morgan fingerprint density at radius 3 is 2.31 bits per heavy atom. The zero-order valence-corrected chi connectivity index (χ0v) is 18.5. The minimum atomic E-state index is -3.51. The van der Waals surface area contributed by atoms with Crippen molar-refractivity contribution in [3.05, 3.63) is 63.8 Å². The van der Waals surface area contributed by atoms with Crippen LogP contribution < -0.4 is 0 Å². The summed E-state index contributed by atoms with van der Waals surface area (Å²) in [7, 11) is -1.39. The molecule has 0 amide bonds. The highest BCUT2D eigenvalue weighted by molar-refractivity contribution is 7.90. The first kappa shape index (κ1) is 20.7. The van der Waals surface area contributed by atoms with Crippen molar-refractivity contribution in [3.63, 3.8) is 0 Å². The first-order valence-corrected chi connectivity index (χ1v) is 11.9. The highest BCUT2D eigenvalue weighted by atomic mass is 35.5. The molecule has 1 aromatic heterocycles. The summed E-state index contributed by atoms with van der Waals surface area (Å²) in [5.41, 5.74) is 2.63. The minimum absolute atomic E-state index is 0.0932. The summed E-state index contributed by atoms with van der Waals surface area (Å²) in [5.74, 6) is -0.0932. The lowest BCUT2D eigenvalue weighted by molar-refractivity contribution is 0.148. The van der Waals surface area contributed by atoms with Crippen molar-refractivity contribution in [1.29, 1.82) is 0 Å². The largest absolute Gasteiger partial charge is 0.357 e. The fraction of sp³-hybridized carbons (Fsp3) is 0.333. The molecule has 0 bridgehead atoms. The molecule has 1 fully saturated rings. The van der Waals surface area contributed by atoms with Crippen LogP contribution in [0.3, 0.4) is 0 Å². The molecule has 1 saturated heterocycles. The third-order valence-corrected chi connectivity index (χ3v) is 7.59. The maximum absolute atomic E-state index is 13.0. The average molecular weight is 452 g/mol. The van der Waals surface area contributed by atoms with E-state index >= 15 is 0 Å². The Morgan fingerprint density at radius 2 is 1.62 bits per heavy atom. The molecule has 0 atom stereocenters. The molecule has 0 radical (unpaired) electrons. The molecule has 0 unspecified atom stereocenters. The minimum Gasteiger partial charge on any atom is -0.357 e. The number of H-pyrrole nitrogens is 1. The molecule has 2 heterocycles. The van der Waals surface area contributed by atoms with Crippen LogP contribution in [0, 0.1) is 0 Å². The van der Waals surface area contributed by atoms with Gasteiger partial charge in [0.1, 0.15) is 0 Å². The first-order valence-electron chi connectivity index (χ1n) is 9.50. The fourth-order valence-corrected chi connectivity index (χ4v) is 5.37. The molecule has 0 saturated carbocycles. The number of hydrogen-bond acceptors (Lipinski definition) is 4. The van der Waals surface area contributed by atoms with Crippen molar-refractivity contribution in [3.8, 4) is 0 Å². The smallest absolute Gasteiger partial charge is 0.183 e. The second-order valence-electron chi connectivity index (χ2n) is 7.56. The molecule has 4 rings (SSSR count). The number of halogens is 2. The summed E-state index contributed by atoms with van der Waals surface area (Å²) in [4.78, 5) is 8.26. The van der Waals surface area contributed by atoms with Crippen LogP contribution >= 0.6 is 23.2 Å². The molecule has 2 aromatic carbocycles. The summed E-state index contributed by atoms with van der Waals surface area (Å²) in [6, 6.07) is 11.9. The molecule has 1 N–H and O–H groups in total. The SMILES string of the molecule is CN1CCN(Cc2c(CS(=O)(=O)c3ccc(Cl)cc3)[nH]c3ccc(Cl)cc23)CC1. The molecule has 0 aliphatic carbocycles. The van der Waals surface area contributed by atoms with Gasteiger partial charge in [0.25, 0.3) is 0 Å². The van der Waals surface area contributed by atoms with Crippen molar-refractivity contribution in [2.45, 2.75) is 17.2 Å². The van der Waals surface area contributed by atoms with Crippen LogP contribution in [0.15, 0.2) is 47.4 Å². The van der Waals surface area contributed by atoms with Gasteiger partial charge < -0.3 is 9.88 Å². The maximum Gasteiger partial charge on any atom is 0.183 e. The number of aromatic amines is 1. The van der Waals surface area contributed by atoms with Gasteiger partial charge in [-0.15, -0.1) is 0 Å². The van der Waals surface area contributed by atoms with Crippen molar-refractivity contribution in [2.24, 2.45) is 0 Å². The van der Waals surface area contributed by atoms with Gasteiger partial charge in [0.15, 0.2) is 9.84 Å². The molecule has 8 heteroatoms. The van der Waals surface area contributed by atoms with Crippen LogP contribution in [0.5, 0.6) is 0 Å². The Bertz CT molecular complexity index is 1120. The molecule has 0 spiro atoms. The highest BCUT2D eigenvalue weighted by Crippen LogP contribution is 2.30. The lowest BCUT2D eigenvalue weighted by Crippen LogP contribution is -2.44. The third kappa shape index (κ3) is 4.62. The molecule has 1 aliphatic rings. The van der Waals surface area contributed by atoms with E-state index < -0.39 is 9.84 Å². The summed E-state index contributed by atoms with van der Waals surface area (Å²) in [6.07, 6.45) is 0. The molecule has 1 aliphatic heterocycles. The van der Waals surface area contributed by atoms with Crippen LogP contribution in [0.1, 0.15) is 11.3 Å². The van der Waals surface area contributed by atoms with Crippen LogP contribution in [0.4, 0.5) is 0 Å². The average Bonchev–Trinajstić information content (AvgIpc) is 3.00. The zero-order chi connectivity index (χ0) is 20.6. The predicted molar refractivity (Wildman–Crippen MR) is 118 cm³/mol. The second-order valence-corrected chi connectivity index (χ2v) is 10.4. The Hall–Kier alpha value is -1.57. The van der Waals surface area contributed by atoms with Crippen LogP contribution in [-0.2, 0) is 22.1 Å². The number of benzene rings is 2. The van der Waals surface area contributed by atoms with Gasteiger partial charge in [-0.3, -0.25) is 4.90 Å². The van der Waals surface area contributed by atoms with Gasteiger partial charge in [0.05, 0.1) is 10.6 Å². The van der Waals surface area contributed by atoms with E-state index in [2.05, 4.69) is 21.8 Å². The van der Waals surface area contributed by atoms with Gasteiger partial charge in [-0.1, -0.05) is 23.2 Å². The molecule has 29 heavy (non-hydrogen) atoms. The fourth-order valence-electron chi connectivity index (χ4n) is 3.72. The monoisotopic (exact) mass is 451 g/mol. The van der Waals surface area contributed by atoms with Gasteiger partial charge in [0.2, 0.25) is 0 Å². The quantitative estimate of drug-likeness (QED) is 0.631. The van der Waals surface area contributed by atoms with Crippen molar-refractivity contribution in [1.82, 2.24) is 14.8 Å². The van der Waals surface area contributed by atoms with Gasteiger partial charge in [-0.2, -0.15) is 0 Å². The topological polar surface area (TPSA) is 56.4 Å². The van der Waals surface area contributed by atoms with Crippen molar-refractivity contribution < 1.29 is 8.42 Å². The number of rotatable bonds is 5. The number of sulfone groups is 1. The van der Waals surface area contributed by atoms with Crippen LogP contribution in [-0.4, -0.2) is 56.4 Å². The maximum atomic E-state index is 13.0. The van der Waals surface area contributed by atoms with E-state index in [0.29, 0.717) is 16.6 Å². The number of piperazine rings is 1. The number of hydrogen-bond donors (Lipinski definition) is 1. The van der Waals surface area contributed by atoms with Crippen LogP contribution in [0.2, 0.25) is 10.0 Å². The Morgan fingerprint density at radius 1 is 0.966 bits per heavy atom. The van der Waals surface area contributed by atoms with E-state index in [1.165, 1.54) is 0 Å². The lowest BCUT2D eigenvalue weighted by Gasteiger charge is -2.32. The number of nitrogens with zero attached hydrogens (tertiary/aromatic N) is 2. The summed E-state index contributed by atoms with van der Waals surface area (Å²) in [5, 5.41) is 2.14. The number of nitrogens with one attached hydrogen (secondary N) is 1. The van der Waals surface area contributed by atoms with Gasteiger partial charge in [-0.25, -0.2) is 8.42 Å². The van der Waals surface area contributed by atoms with E-state index in [9.17, 15) is 8.42 Å². The number of likely N-dealkylation sites (N-methyl/N-ethyl adjacent to an activating group) is 1. The Labute approximate surface area is 181 Å². The Kier molecular flexibility index (Phi) is 5.91. The first-order chi connectivity index (χ1) is 13.8. The van der Waals surface area contributed by atoms with Crippen molar-refractivity contribution >= 4 is 43.9 Å². The van der Waals surface area contributed by atoms with E-state index in [1.54, 1.807) is 24.3 Å². The van der Waals surface area contributed by atoms with Crippen LogP contribution in [0.25, 0.3) is 10.9 Å². The molecular formula is C21H23Cl2N3O2S. The normalized spacial score (nSPS) is 16.5. The summed E-state index contributed by atoms with van der Waals surface area (Å²) in [6.45, 7) is 4.60. The number of fused-ring (bicyclic) bond motifs is 1. The summed E-state index contributed by atoms with van der Waals surface area (Å²) >= 11 is 12.2. The molecular weight excluding hydrogens is 429 g/mol. The predicted octanol–water partition coefficient (Wildman–Crippen LogP) is 4.20. The van der Waals surface area contributed by atoms with E-state index in [4.69, 9.17) is 23.2 Å². The zero-order valence-electron chi connectivity index (χ0n) is 16.2. The molecule has 5 nitrogen and oxygen atoms in total. The highest BCUT2D eigenvalue weighted by Gasteiger charge is 2.23. The van der Waals surface area contributed by atoms with E-state index in [1.807, 2.05) is 18.2 Å². The van der Waals surface area contributed by atoms with Gasteiger partial charge >= 0.3 is 0 Å². The standard InChI is InChI=1S/C21H23Cl2N3O2S/c1-25-8-10-26(11-9-25)13-19-18-12-16(23)4-7-20(18)24-21(19)14-29(27,28)17-5-2-15(22)3-6-17/h2-7,12,24H,8-11,13-14H2,1H3. The molecule has 3 aromatic rings. The summed E-state index contributed by atoms with van der Waals surface area (Å²) < 4.78 is 26.1.